The monoisotopic (exact) mass is 466 g/mol. The van der Waals surface area contributed by atoms with Gasteiger partial charge in [-0.15, -0.1) is 6.42 Å². The molecule has 1 fully saturated rings. The summed E-state index contributed by atoms with van der Waals surface area (Å²) in [7, 11) is 1.48. The number of anilines is 1. The van der Waals surface area contributed by atoms with Crippen molar-refractivity contribution < 1.29 is 28.6 Å². The highest BCUT2D eigenvalue weighted by Crippen LogP contribution is 2.34. The smallest absolute Gasteiger partial charge is 0.294 e. The maximum atomic E-state index is 12.7. The number of nitrogens with zero attached hydrogens (tertiary/aromatic N) is 1. The normalized spacial score (nSPS) is 14.2. The molecule has 0 spiro atoms. The fraction of sp³-hybridized carbons (Fsp3) is 0.208. The molecule has 0 unspecified atom stereocenters. The van der Waals surface area contributed by atoms with E-state index in [0.29, 0.717) is 35.1 Å². The van der Waals surface area contributed by atoms with Crippen LogP contribution in [0, 0.1) is 12.3 Å². The number of carbonyl (C=O) groups excluding carboxylic acids is 3. The molecule has 1 aliphatic rings. The van der Waals surface area contributed by atoms with Gasteiger partial charge in [-0.2, -0.15) is 0 Å². The first-order valence-corrected chi connectivity index (χ1v) is 10.8. The summed E-state index contributed by atoms with van der Waals surface area (Å²) in [6, 6.07) is 11.8. The molecular formula is C24H22N2O6S. The minimum atomic E-state index is -0.543. The standard InChI is InChI=1S/C24H22N2O6S/c1-4-12-32-19-11-6-16(13-20(19)30-3)14-21-23(28)26(24(29)33-21)15-22(27)25-17-7-9-18(10-8-17)31-5-2/h1,6-11,13-14H,5,12,15H2,2-3H3,(H,25,27)/b21-14+. The van der Waals surface area contributed by atoms with Gasteiger partial charge >= 0.3 is 0 Å². The number of carbonyl (C=O) groups is 3. The third-order valence-electron chi connectivity index (χ3n) is 4.42. The van der Waals surface area contributed by atoms with E-state index in [9.17, 15) is 14.4 Å². The van der Waals surface area contributed by atoms with Crippen LogP contribution in [0.2, 0.25) is 0 Å². The van der Waals surface area contributed by atoms with Crippen LogP contribution in [-0.4, -0.2) is 48.8 Å². The van der Waals surface area contributed by atoms with E-state index >= 15 is 0 Å². The summed E-state index contributed by atoms with van der Waals surface area (Å²) in [5.41, 5.74) is 1.16. The highest BCUT2D eigenvalue weighted by molar-refractivity contribution is 8.18. The number of amides is 3. The minimum absolute atomic E-state index is 0.0906. The fourth-order valence-electron chi connectivity index (χ4n) is 2.95. The number of rotatable bonds is 9. The molecule has 9 heteroatoms. The minimum Gasteiger partial charge on any atom is -0.494 e. The predicted octanol–water partition coefficient (Wildman–Crippen LogP) is 3.78. The summed E-state index contributed by atoms with van der Waals surface area (Å²) in [4.78, 5) is 38.6. The van der Waals surface area contributed by atoms with Gasteiger partial charge in [-0.25, -0.2) is 0 Å². The van der Waals surface area contributed by atoms with Gasteiger partial charge in [0.25, 0.3) is 11.1 Å². The van der Waals surface area contributed by atoms with Gasteiger partial charge in [0.1, 0.15) is 18.9 Å². The largest absolute Gasteiger partial charge is 0.494 e. The van der Waals surface area contributed by atoms with E-state index in [-0.39, 0.29) is 11.5 Å². The Morgan fingerprint density at radius 1 is 1.15 bits per heavy atom. The summed E-state index contributed by atoms with van der Waals surface area (Å²) in [5.74, 6) is 2.93. The number of hydrogen-bond acceptors (Lipinski definition) is 7. The van der Waals surface area contributed by atoms with Gasteiger partial charge < -0.3 is 19.5 Å². The summed E-state index contributed by atoms with van der Waals surface area (Å²) in [6.45, 7) is 2.11. The van der Waals surface area contributed by atoms with Crippen LogP contribution < -0.4 is 19.5 Å². The Morgan fingerprint density at radius 3 is 2.58 bits per heavy atom. The van der Waals surface area contributed by atoms with Gasteiger partial charge in [0, 0.05) is 5.69 Å². The van der Waals surface area contributed by atoms with Crippen LogP contribution in [0.25, 0.3) is 6.08 Å². The molecule has 0 atom stereocenters. The molecule has 0 aromatic heterocycles. The second-order valence-corrected chi connectivity index (χ2v) is 7.67. The lowest BCUT2D eigenvalue weighted by Gasteiger charge is -2.13. The first kappa shape index (κ1) is 23.8. The topological polar surface area (TPSA) is 94.2 Å². The first-order valence-electron chi connectivity index (χ1n) is 9.97. The third kappa shape index (κ3) is 6.08. The number of ether oxygens (including phenoxy) is 3. The van der Waals surface area contributed by atoms with E-state index in [2.05, 4.69) is 11.2 Å². The van der Waals surface area contributed by atoms with Crippen molar-refractivity contribution in [2.45, 2.75) is 6.92 Å². The van der Waals surface area contributed by atoms with E-state index in [1.165, 1.54) is 7.11 Å². The summed E-state index contributed by atoms with van der Waals surface area (Å²) in [6.07, 6.45) is 6.77. The molecule has 1 N–H and O–H groups in total. The lowest BCUT2D eigenvalue weighted by Crippen LogP contribution is -2.36. The van der Waals surface area contributed by atoms with Crippen molar-refractivity contribution in [1.82, 2.24) is 4.90 Å². The average Bonchev–Trinajstić information content (AvgIpc) is 3.06. The van der Waals surface area contributed by atoms with Gasteiger partial charge in [0.2, 0.25) is 5.91 Å². The highest BCUT2D eigenvalue weighted by atomic mass is 32.2. The van der Waals surface area contributed by atoms with Crippen molar-refractivity contribution in [2.75, 3.05) is 32.2 Å². The number of benzene rings is 2. The SMILES string of the molecule is C#CCOc1ccc(/C=C2/SC(=O)N(CC(=O)Nc3ccc(OCC)cc3)C2=O)cc1OC. The highest BCUT2D eigenvalue weighted by Gasteiger charge is 2.36. The Balaban J connectivity index is 1.67. The Morgan fingerprint density at radius 2 is 1.91 bits per heavy atom. The predicted molar refractivity (Wildman–Crippen MR) is 126 cm³/mol. The van der Waals surface area contributed by atoms with Gasteiger partial charge in [0.15, 0.2) is 11.5 Å². The molecule has 0 aliphatic carbocycles. The molecule has 1 aliphatic heterocycles. The van der Waals surface area contributed by atoms with Gasteiger partial charge in [-0.3, -0.25) is 19.3 Å². The van der Waals surface area contributed by atoms with Crippen LogP contribution in [0.15, 0.2) is 47.4 Å². The molecule has 2 aromatic rings. The number of imide groups is 1. The zero-order valence-electron chi connectivity index (χ0n) is 18.1. The maximum absolute atomic E-state index is 12.7. The Bertz CT molecular complexity index is 1120. The fourth-order valence-corrected chi connectivity index (χ4v) is 3.78. The Labute approximate surface area is 195 Å². The van der Waals surface area contributed by atoms with Crippen LogP contribution in [-0.2, 0) is 9.59 Å². The molecule has 170 valence electrons. The van der Waals surface area contributed by atoms with E-state index in [1.54, 1.807) is 48.5 Å². The second-order valence-electron chi connectivity index (χ2n) is 6.68. The molecule has 1 heterocycles. The second kappa shape index (κ2) is 11.1. The molecular weight excluding hydrogens is 444 g/mol. The van der Waals surface area contributed by atoms with E-state index in [1.807, 2.05) is 6.92 Å². The van der Waals surface area contributed by atoms with E-state index in [0.717, 1.165) is 16.7 Å². The zero-order valence-corrected chi connectivity index (χ0v) is 18.9. The summed E-state index contributed by atoms with van der Waals surface area (Å²) < 4.78 is 16.1. The number of terminal acetylenes is 1. The molecule has 2 aromatic carbocycles. The average molecular weight is 467 g/mol. The van der Waals surface area contributed by atoms with Gasteiger partial charge in [-0.05, 0) is 66.7 Å². The Kier molecular flexibility index (Phi) is 8.00. The van der Waals surface area contributed by atoms with Crippen molar-refractivity contribution in [3.8, 4) is 29.6 Å². The summed E-state index contributed by atoms with van der Waals surface area (Å²) >= 11 is 0.767. The van der Waals surface area contributed by atoms with E-state index in [4.69, 9.17) is 20.6 Å². The van der Waals surface area contributed by atoms with E-state index < -0.39 is 23.6 Å². The lowest BCUT2D eigenvalue weighted by atomic mass is 10.2. The van der Waals surface area contributed by atoms with Crippen LogP contribution in [0.1, 0.15) is 12.5 Å². The number of thioether (sulfide) groups is 1. The van der Waals surface area contributed by atoms with Crippen LogP contribution >= 0.6 is 11.8 Å². The van der Waals surface area contributed by atoms with Crippen LogP contribution in [0.3, 0.4) is 0 Å². The van der Waals surface area contributed by atoms with Crippen molar-refractivity contribution in [3.63, 3.8) is 0 Å². The quantitative estimate of drug-likeness (QED) is 0.444. The zero-order chi connectivity index (χ0) is 23.8. The molecule has 3 amide bonds. The van der Waals surface area contributed by atoms with Gasteiger partial charge in [0.05, 0.1) is 18.6 Å². The van der Waals surface area contributed by atoms with Gasteiger partial charge in [-0.1, -0.05) is 12.0 Å². The number of nitrogens with one attached hydrogen (secondary N) is 1. The van der Waals surface area contributed by atoms with Crippen LogP contribution in [0.5, 0.6) is 17.2 Å². The van der Waals surface area contributed by atoms with Crippen molar-refractivity contribution >= 4 is 40.6 Å². The lowest BCUT2D eigenvalue weighted by molar-refractivity contribution is -0.127. The molecule has 33 heavy (non-hydrogen) atoms. The molecule has 0 bridgehead atoms. The molecule has 8 nitrogen and oxygen atoms in total. The van der Waals surface area contributed by atoms with Crippen LogP contribution in [0.4, 0.5) is 10.5 Å². The molecule has 0 saturated carbocycles. The molecule has 3 rings (SSSR count). The number of hydrogen-bond donors (Lipinski definition) is 1. The first-order chi connectivity index (χ1) is 15.9. The molecule has 0 radical (unpaired) electrons. The van der Waals surface area contributed by atoms with Crippen molar-refractivity contribution in [2.24, 2.45) is 0 Å². The maximum Gasteiger partial charge on any atom is 0.294 e. The van der Waals surface area contributed by atoms with Crippen molar-refractivity contribution in [3.05, 3.63) is 52.9 Å². The van der Waals surface area contributed by atoms with Crippen molar-refractivity contribution in [1.29, 1.82) is 0 Å². The third-order valence-corrected chi connectivity index (χ3v) is 5.33. The Hall–Kier alpha value is -3.90. The number of methoxy groups -OCH3 is 1. The summed E-state index contributed by atoms with van der Waals surface area (Å²) in [5, 5.41) is 2.15. The molecule has 1 saturated heterocycles.